The number of amides is 1. The first-order valence-electron chi connectivity index (χ1n) is 13.6. The Kier molecular flexibility index (Phi) is 12.8. The lowest BCUT2D eigenvalue weighted by molar-refractivity contribution is -0.162. The van der Waals surface area contributed by atoms with Gasteiger partial charge in [-0.25, -0.2) is 8.78 Å². The molecule has 2 atom stereocenters. The Balaban J connectivity index is 2.17. The second-order valence-electron chi connectivity index (χ2n) is 11.1. The minimum absolute atomic E-state index is 0.0867. The first-order chi connectivity index (χ1) is 18.4. The van der Waals surface area contributed by atoms with E-state index in [0.717, 1.165) is 25.0 Å². The number of nitrogens with one attached hydrogen (secondary N) is 1. The summed E-state index contributed by atoms with van der Waals surface area (Å²) in [5.74, 6) is -3.11. The normalized spacial score (nSPS) is 16.4. The topological polar surface area (TPSA) is 100 Å². The maximum absolute atomic E-state index is 14.0. The summed E-state index contributed by atoms with van der Waals surface area (Å²) in [6.07, 6.45) is 3.44. The minimum atomic E-state index is -0.814. The van der Waals surface area contributed by atoms with Crippen LogP contribution in [-0.2, 0) is 39.9 Å². The molecule has 0 bridgehead atoms. The SMILES string of the molecule is CCOC(=O)CC(COCc1ccc(F)cc1F)NC(=O)C1(C[C@@H](CCOC)C(=O)OC(C)(C)C)CCCC1. The van der Waals surface area contributed by atoms with Crippen molar-refractivity contribution in [1.82, 2.24) is 5.32 Å². The van der Waals surface area contributed by atoms with Crippen molar-refractivity contribution in [2.45, 2.75) is 90.9 Å². The number of rotatable bonds is 15. The average Bonchev–Trinajstić information content (AvgIpc) is 3.32. The summed E-state index contributed by atoms with van der Waals surface area (Å²) in [5.41, 5.74) is -1.33. The fourth-order valence-corrected chi connectivity index (χ4v) is 4.86. The smallest absolute Gasteiger partial charge is 0.309 e. The van der Waals surface area contributed by atoms with Crippen LogP contribution in [0.5, 0.6) is 0 Å². The zero-order chi connectivity index (χ0) is 29.1. The van der Waals surface area contributed by atoms with Gasteiger partial charge in [0.1, 0.15) is 17.2 Å². The fourth-order valence-electron chi connectivity index (χ4n) is 4.86. The van der Waals surface area contributed by atoms with Crippen LogP contribution in [-0.4, -0.2) is 56.4 Å². The Morgan fingerprint density at radius 3 is 2.41 bits per heavy atom. The number of ether oxygens (including phenoxy) is 4. The van der Waals surface area contributed by atoms with Crippen LogP contribution < -0.4 is 5.32 Å². The zero-order valence-corrected chi connectivity index (χ0v) is 23.8. The van der Waals surface area contributed by atoms with Crippen molar-refractivity contribution in [3.63, 3.8) is 0 Å². The Labute approximate surface area is 230 Å². The van der Waals surface area contributed by atoms with E-state index in [9.17, 15) is 23.2 Å². The van der Waals surface area contributed by atoms with Crippen LogP contribution in [0.1, 0.15) is 78.2 Å². The highest BCUT2D eigenvalue weighted by Crippen LogP contribution is 2.44. The van der Waals surface area contributed by atoms with Gasteiger partial charge >= 0.3 is 11.9 Å². The molecule has 1 aromatic carbocycles. The van der Waals surface area contributed by atoms with Gasteiger partial charge in [-0.05, 0) is 59.4 Å². The second-order valence-corrected chi connectivity index (χ2v) is 11.1. The van der Waals surface area contributed by atoms with Crippen molar-refractivity contribution in [3.05, 3.63) is 35.4 Å². The van der Waals surface area contributed by atoms with Gasteiger partial charge in [0, 0.05) is 25.3 Å². The Hall–Kier alpha value is -2.59. The van der Waals surface area contributed by atoms with Gasteiger partial charge in [0.15, 0.2) is 0 Å². The molecule has 1 unspecified atom stereocenters. The Morgan fingerprint density at radius 1 is 1.13 bits per heavy atom. The van der Waals surface area contributed by atoms with E-state index in [1.54, 1.807) is 34.8 Å². The molecule has 0 radical (unpaired) electrons. The quantitative estimate of drug-likeness (QED) is 0.309. The standard InChI is InChI=1S/C29H43F2NO7/c1-6-38-25(33)16-23(19-37-18-21-9-10-22(30)15-24(21)31)32-27(35)29(12-7-8-13-29)17-20(11-14-36-5)26(34)39-28(2,3)4/h9-10,15,20,23H,6-8,11-14,16-19H2,1-5H3,(H,32,35)/t20-,23?/m1/s1. The summed E-state index contributed by atoms with van der Waals surface area (Å²) < 4.78 is 48.8. The average molecular weight is 556 g/mol. The number of methoxy groups -OCH3 is 1. The first kappa shape index (κ1) is 32.6. The highest BCUT2D eigenvalue weighted by atomic mass is 19.1. The van der Waals surface area contributed by atoms with Gasteiger partial charge < -0.3 is 24.3 Å². The lowest BCUT2D eigenvalue weighted by atomic mass is 9.75. The molecular weight excluding hydrogens is 512 g/mol. The summed E-state index contributed by atoms with van der Waals surface area (Å²) in [6.45, 7) is 7.36. The highest BCUT2D eigenvalue weighted by molar-refractivity contribution is 5.85. The molecule has 2 rings (SSSR count). The molecule has 1 fully saturated rings. The number of hydrogen-bond acceptors (Lipinski definition) is 7. The van der Waals surface area contributed by atoms with Crippen LogP contribution in [0, 0.1) is 23.0 Å². The molecule has 0 aromatic heterocycles. The van der Waals surface area contributed by atoms with E-state index in [2.05, 4.69) is 5.32 Å². The highest BCUT2D eigenvalue weighted by Gasteiger charge is 2.45. The summed E-state index contributed by atoms with van der Waals surface area (Å²) in [7, 11) is 1.56. The summed E-state index contributed by atoms with van der Waals surface area (Å²) >= 11 is 0. The van der Waals surface area contributed by atoms with Crippen molar-refractivity contribution < 1.29 is 42.1 Å². The molecule has 0 aliphatic heterocycles. The van der Waals surface area contributed by atoms with Crippen LogP contribution >= 0.6 is 0 Å². The molecule has 10 heteroatoms. The molecule has 0 heterocycles. The lowest BCUT2D eigenvalue weighted by Gasteiger charge is -2.34. The van der Waals surface area contributed by atoms with Crippen molar-refractivity contribution >= 4 is 17.8 Å². The predicted octanol–water partition coefficient (Wildman–Crippen LogP) is 4.86. The lowest BCUT2D eigenvalue weighted by Crippen LogP contribution is -2.48. The van der Waals surface area contributed by atoms with E-state index in [1.807, 2.05) is 0 Å². The van der Waals surface area contributed by atoms with Crippen LogP contribution in [0.15, 0.2) is 18.2 Å². The molecule has 0 saturated heterocycles. The first-order valence-corrected chi connectivity index (χ1v) is 13.6. The number of halogens is 2. The molecule has 1 aromatic rings. The number of hydrogen-bond donors (Lipinski definition) is 1. The maximum atomic E-state index is 14.0. The third kappa shape index (κ3) is 10.8. The van der Waals surface area contributed by atoms with Crippen molar-refractivity contribution in [1.29, 1.82) is 0 Å². The molecule has 1 N–H and O–H groups in total. The van der Waals surface area contributed by atoms with E-state index >= 15 is 0 Å². The van der Waals surface area contributed by atoms with Gasteiger partial charge in [-0.3, -0.25) is 14.4 Å². The third-order valence-electron chi connectivity index (χ3n) is 6.74. The van der Waals surface area contributed by atoms with Gasteiger partial charge in [-0.2, -0.15) is 0 Å². The number of carbonyl (C=O) groups is 3. The largest absolute Gasteiger partial charge is 0.466 e. The monoisotopic (exact) mass is 555 g/mol. The molecule has 1 amide bonds. The summed E-state index contributed by atoms with van der Waals surface area (Å²) in [4.78, 5) is 39.1. The van der Waals surface area contributed by atoms with Gasteiger partial charge in [0.05, 0.1) is 43.6 Å². The van der Waals surface area contributed by atoms with Crippen LogP contribution in [0.3, 0.4) is 0 Å². The van der Waals surface area contributed by atoms with E-state index in [4.69, 9.17) is 18.9 Å². The molecule has 220 valence electrons. The zero-order valence-electron chi connectivity index (χ0n) is 23.8. The molecule has 1 aliphatic carbocycles. The molecular formula is C29H43F2NO7. The molecule has 0 spiro atoms. The van der Waals surface area contributed by atoms with Gasteiger partial charge in [0.25, 0.3) is 0 Å². The molecule has 8 nitrogen and oxygen atoms in total. The van der Waals surface area contributed by atoms with E-state index in [-0.39, 0.29) is 43.7 Å². The number of benzene rings is 1. The van der Waals surface area contributed by atoms with Crippen molar-refractivity contribution in [3.8, 4) is 0 Å². The third-order valence-corrected chi connectivity index (χ3v) is 6.74. The minimum Gasteiger partial charge on any atom is -0.466 e. The molecule has 1 saturated carbocycles. The molecule has 39 heavy (non-hydrogen) atoms. The number of esters is 2. The van der Waals surface area contributed by atoms with Crippen molar-refractivity contribution in [2.75, 3.05) is 26.9 Å². The Bertz CT molecular complexity index is 957. The summed E-state index contributed by atoms with van der Waals surface area (Å²) in [5, 5.41) is 2.95. The van der Waals surface area contributed by atoms with Crippen LogP contribution in [0.2, 0.25) is 0 Å². The maximum Gasteiger partial charge on any atom is 0.309 e. The van der Waals surface area contributed by atoms with Gasteiger partial charge in [-0.15, -0.1) is 0 Å². The van der Waals surface area contributed by atoms with Gasteiger partial charge in [0.2, 0.25) is 5.91 Å². The predicted molar refractivity (Wildman–Crippen MR) is 141 cm³/mol. The summed E-state index contributed by atoms with van der Waals surface area (Å²) in [6, 6.07) is 2.45. The fraction of sp³-hybridized carbons (Fsp3) is 0.690. The van der Waals surface area contributed by atoms with E-state index in [1.165, 1.54) is 6.07 Å². The second kappa shape index (κ2) is 15.3. The van der Waals surface area contributed by atoms with Crippen LogP contribution in [0.25, 0.3) is 0 Å². The van der Waals surface area contributed by atoms with Crippen LogP contribution in [0.4, 0.5) is 8.78 Å². The molecule has 1 aliphatic rings. The van der Waals surface area contributed by atoms with Gasteiger partial charge in [-0.1, -0.05) is 18.9 Å². The Morgan fingerprint density at radius 2 is 1.82 bits per heavy atom. The van der Waals surface area contributed by atoms with E-state index in [0.29, 0.717) is 32.3 Å². The van der Waals surface area contributed by atoms with E-state index < -0.39 is 40.6 Å². The number of carbonyl (C=O) groups excluding carboxylic acids is 3. The van der Waals surface area contributed by atoms with Crippen molar-refractivity contribution in [2.24, 2.45) is 11.3 Å².